The molecule has 0 saturated heterocycles. The summed E-state index contributed by atoms with van der Waals surface area (Å²) >= 11 is 0. The first kappa shape index (κ1) is 44.0. The minimum atomic E-state index is 0.636. The Bertz CT molecular complexity index is 795. The van der Waals surface area contributed by atoms with E-state index in [9.17, 15) is 5.11 Å². The van der Waals surface area contributed by atoms with Gasteiger partial charge in [-0.05, 0) is 79.7 Å². The molecule has 276 valence electrons. The summed E-state index contributed by atoms with van der Waals surface area (Å²) in [7, 11) is 0. The minimum absolute atomic E-state index is 0.636. The van der Waals surface area contributed by atoms with Crippen molar-refractivity contribution in [3.8, 4) is 5.75 Å². The highest BCUT2D eigenvalue weighted by atomic mass is 16.3. The standard InChI is InChI=1S/C46H86O/c1-5-9-13-17-21-25-29-33-37-42-41-46(47)45(40-36-32-28-24-20-16-12-8-4)44(39-35-31-27-23-19-15-11-7-3)43(42)38-34-30-26-22-18-14-10-6-2/h41,47H,5-40H2,1-4H3. The number of unbranched alkanes of at least 4 members (excludes halogenated alkanes) is 28. The number of aryl methyl sites for hydroxylation is 1. The summed E-state index contributed by atoms with van der Waals surface area (Å²) in [5.74, 6) is 0.636. The molecule has 0 fully saturated rings. The van der Waals surface area contributed by atoms with E-state index >= 15 is 0 Å². The SMILES string of the molecule is CCCCCCCCCCc1cc(O)c(CCCCCCCCCC)c(CCCCCCCCCC)c1CCCCCCCCCC. The third-order valence-electron chi connectivity index (χ3n) is 10.9. The van der Waals surface area contributed by atoms with E-state index < -0.39 is 0 Å². The van der Waals surface area contributed by atoms with Gasteiger partial charge in [-0.2, -0.15) is 0 Å². The summed E-state index contributed by atoms with van der Waals surface area (Å²) in [6.45, 7) is 9.25. The summed E-state index contributed by atoms with van der Waals surface area (Å²) in [6, 6.07) is 2.25. The lowest BCUT2D eigenvalue weighted by Gasteiger charge is -2.21. The lowest BCUT2D eigenvalue weighted by molar-refractivity contribution is 0.462. The van der Waals surface area contributed by atoms with Gasteiger partial charge in [-0.1, -0.05) is 207 Å². The second kappa shape index (κ2) is 33.5. The monoisotopic (exact) mass is 655 g/mol. The van der Waals surface area contributed by atoms with Crippen molar-refractivity contribution in [1.82, 2.24) is 0 Å². The zero-order valence-electron chi connectivity index (χ0n) is 33.0. The van der Waals surface area contributed by atoms with Crippen LogP contribution in [0.1, 0.15) is 255 Å². The summed E-state index contributed by atoms with van der Waals surface area (Å²) in [6.07, 6.45) is 48.5. The van der Waals surface area contributed by atoms with Crippen LogP contribution in [0.5, 0.6) is 5.75 Å². The Morgan fingerprint density at radius 2 is 0.553 bits per heavy atom. The predicted molar refractivity (Wildman–Crippen MR) is 213 cm³/mol. The zero-order valence-corrected chi connectivity index (χ0v) is 33.0. The van der Waals surface area contributed by atoms with Crippen LogP contribution >= 0.6 is 0 Å². The van der Waals surface area contributed by atoms with Crippen molar-refractivity contribution >= 4 is 0 Å². The first-order chi connectivity index (χ1) is 23.2. The Balaban J connectivity index is 2.96. The highest BCUT2D eigenvalue weighted by Gasteiger charge is 2.18. The van der Waals surface area contributed by atoms with Crippen molar-refractivity contribution in [2.24, 2.45) is 0 Å². The molecule has 0 aliphatic rings. The van der Waals surface area contributed by atoms with E-state index in [2.05, 4.69) is 33.8 Å². The largest absolute Gasteiger partial charge is 0.508 e. The zero-order chi connectivity index (χ0) is 34.0. The van der Waals surface area contributed by atoms with E-state index in [0.717, 1.165) is 12.8 Å². The molecular weight excluding hydrogens is 569 g/mol. The Morgan fingerprint density at radius 1 is 0.298 bits per heavy atom. The van der Waals surface area contributed by atoms with Gasteiger partial charge in [0.05, 0.1) is 0 Å². The van der Waals surface area contributed by atoms with Crippen LogP contribution in [-0.4, -0.2) is 5.11 Å². The molecular formula is C46H86O. The van der Waals surface area contributed by atoms with Crippen LogP contribution in [0.25, 0.3) is 0 Å². The molecule has 0 amide bonds. The molecule has 1 rings (SSSR count). The fourth-order valence-electron chi connectivity index (χ4n) is 7.74. The molecule has 0 bridgehead atoms. The maximum absolute atomic E-state index is 11.6. The van der Waals surface area contributed by atoms with Crippen molar-refractivity contribution < 1.29 is 5.11 Å². The Morgan fingerprint density at radius 3 is 0.894 bits per heavy atom. The first-order valence-corrected chi connectivity index (χ1v) is 22.0. The molecule has 0 aliphatic carbocycles. The van der Waals surface area contributed by atoms with Gasteiger partial charge in [0.25, 0.3) is 0 Å². The van der Waals surface area contributed by atoms with Crippen molar-refractivity contribution in [1.29, 1.82) is 0 Å². The van der Waals surface area contributed by atoms with Gasteiger partial charge in [-0.25, -0.2) is 0 Å². The summed E-state index contributed by atoms with van der Waals surface area (Å²) in [5, 5.41) is 11.6. The van der Waals surface area contributed by atoms with Gasteiger partial charge in [0, 0.05) is 0 Å². The molecule has 0 saturated carbocycles. The normalized spacial score (nSPS) is 11.6. The topological polar surface area (TPSA) is 20.2 Å². The molecule has 1 aromatic carbocycles. The number of aromatic hydroxyl groups is 1. The molecule has 0 spiro atoms. The predicted octanol–water partition coefficient (Wildman–Crippen LogP) is 16.1. The van der Waals surface area contributed by atoms with Gasteiger partial charge in [0.15, 0.2) is 0 Å². The van der Waals surface area contributed by atoms with E-state index in [1.807, 2.05) is 0 Å². The molecule has 0 aliphatic heterocycles. The lowest BCUT2D eigenvalue weighted by Crippen LogP contribution is -2.07. The number of phenols is 1. The van der Waals surface area contributed by atoms with Crippen LogP contribution in [0.3, 0.4) is 0 Å². The van der Waals surface area contributed by atoms with Gasteiger partial charge in [-0.3, -0.25) is 0 Å². The number of rotatable bonds is 36. The Kier molecular flexibility index (Phi) is 31.4. The van der Waals surface area contributed by atoms with Crippen LogP contribution in [0.2, 0.25) is 0 Å². The van der Waals surface area contributed by atoms with E-state index in [0.29, 0.717) is 5.75 Å². The third-order valence-corrected chi connectivity index (χ3v) is 10.9. The Labute approximate surface area is 297 Å². The molecule has 1 nitrogen and oxygen atoms in total. The molecule has 0 unspecified atom stereocenters. The minimum Gasteiger partial charge on any atom is -0.508 e. The van der Waals surface area contributed by atoms with Gasteiger partial charge in [0.1, 0.15) is 5.75 Å². The number of benzene rings is 1. The molecule has 0 aromatic heterocycles. The first-order valence-electron chi connectivity index (χ1n) is 22.0. The average molecular weight is 655 g/mol. The number of hydrogen-bond donors (Lipinski definition) is 1. The fraction of sp³-hybridized carbons (Fsp3) is 0.870. The highest BCUT2D eigenvalue weighted by Crippen LogP contribution is 2.34. The molecule has 0 heterocycles. The van der Waals surface area contributed by atoms with Crippen molar-refractivity contribution in [3.05, 3.63) is 28.3 Å². The summed E-state index contributed by atoms with van der Waals surface area (Å²) in [5.41, 5.74) is 6.12. The average Bonchev–Trinajstić information content (AvgIpc) is 3.07. The third kappa shape index (κ3) is 23.9. The second-order valence-electron chi connectivity index (χ2n) is 15.4. The van der Waals surface area contributed by atoms with E-state index in [1.165, 1.54) is 229 Å². The maximum atomic E-state index is 11.6. The van der Waals surface area contributed by atoms with Crippen molar-refractivity contribution in [3.63, 3.8) is 0 Å². The molecule has 0 atom stereocenters. The molecule has 0 radical (unpaired) electrons. The van der Waals surface area contributed by atoms with Crippen LogP contribution in [0.4, 0.5) is 0 Å². The van der Waals surface area contributed by atoms with Gasteiger partial charge in [0.2, 0.25) is 0 Å². The van der Waals surface area contributed by atoms with Gasteiger partial charge < -0.3 is 5.11 Å². The van der Waals surface area contributed by atoms with E-state index in [1.54, 1.807) is 11.1 Å². The Hall–Kier alpha value is -0.980. The summed E-state index contributed by atoms with van der Waals surface area (Å²) in [4.78, 5) is 0. The van der Waals surface area contributed by atoms with Crippen LogP contribution < -0.4 is 0 Å². The quantitative estimate of drug-likeness (QED) is 0.0714. The molecule has 1 heteroatoms. The molecule has 1 aromatic rings. The van der Waals surface area contributed by atoms with Gasteiger partial charge >= 0.3 is 0 Å². The summed E-state index contributed by atoms with van der Waals surface area (Å²) < 4.78 is 0. The lowest BCUT2D eigenvalue weighted by atomic mass is 9.85. The van der Waals surface area contributed by atoms with Gasteiger partial charge in [-0.15, -0.1) is 0 Å². The van der Waals surface area contributed by atoms with Crippen LogP contribution in [0.15, 0.2) is 6.07 Å². The van der Waals surface area contributed by atoms with Crippen molar-refractivity contribution in [2.45, 2.75) is 259 Å². The molecule has 47 heavy (non-hydrogen) atoms. The number of hydrogen-bond acceptors (Lipinski definition) is 1. The number of phenolic OH excluding ortho intramolecular Hbond substituents is 1. The second-order valence-corrected chi connectivity index (χ2v) is 15.4. The van der Waals surface area contributed by atoms with Crippen LogP contribution in [-0.2, 0) is 25.7 Å². The van der Waals surface area contributed by atoms with Crippen molar-refractivity contribution in [2.75, 3.05) is 0 Å². The van der Waals surface area contributed by atoms with E-state index in [-0.39, 0.29) is 0 Å². The van der Waals surface area contributed by atoms with Crippen LogP contribution in [0, 0.1) is 0 Å². The molecule has 1 N–H and O–H groups in total. The highest BCUT2D eigenvalue weighted by molar-refractivity contribution is 5.50. The van der Waals surface area contributed by atoms with E-state index in [4.69, 9.17) is 0 Å². The fourth-order valence-corrected chi connectivity index (χ4v) is 7.74. The smallest absolute Gasteiger partial charge is 0.119 e. The maximum Gasteiger partial charge on any atom is 0.119 e.